The van der Waals surface area contributed by atoms with E-state index in [-0.39, 0.29) is 17.0 Å². The monoisotopic (exact) mass is 320 g/mol. The van der Waals surface area contributed by atoms with Crippen molar-refractivity contribution in [2.75, 3.05) is 20.8 Å². The molecule has 0 aliphatic rings. The van der Waals surface area contributed by atoms with E-state index in [1.165, 1.54) is 6.07 Å². The lowest BCUT2D eigenvalue weighted by Crippen LogP contribution is -2.24. The largest absolute Gasteiger partial charge is 0.382 e. The third-order valence-corrected chi connectivity index (χ3v) is 3.59. The van der Waals surface area contributed by atoms with Gasteiger partial charge in [-0.3, -0.25) is 0 Å². The van der Waals surface area contributed by atoms with Gasteiger partial charge < -0.3 is 14.0 Å². The topological polar surface area (TPSA) is 36.3 Å². The molecule has 0 N–H and O–H groups in total. The Morgan fingerprint density at radius 2 is 2.15 bits per heavy atom. The molecule has 0 spiro atoms. The molecule has 110 valence electrons. The van der Waals surface area contributed by atoms with Gasteiger partial charge in [-0.1, -0.05) is 11.6 Å². The third kappa shape index (κ3) is 3.06. The van der Waals surface area contributed by atoms with Gasteiger partial charge in [0.05, 0.1) is 41.2 Å². The fourth-order valence-corrected chi connectivity index (χ4v) is 2.42. The smallest absolute Gasteiger partial charge is 0.144 e. The van der Waals surface area contributed by atoms with Crippen LogP contribution in [0.4, 0.5) is 4.39 Å². The molecule has 4 nitrogen and oxygen atoms in total. The minimum Gasteiger partial charge on any atom is -0.382 e. The molecular formula is C13H15Cl2FN2O2. The molecule has 1 aromatic carbocycles. The number of aromatic nitrogens is 2. The Bertz CT molecular complexity index is 604. The zero-order valence-electron chi connectivity index (χ0n) is 11.2. The molecule has 7 heteroatoms. The van der Waals surface area contributed by atoms with Crippen LogP contribution in [0.3, 0.4) is 0 Å². The number of hydrogen-bond donors (Lipinski definition) is 0. The number of ether oxygens (including phenoxy) is 2. The Balaban J connectivity index is 2.46. The van der Waals surface area contributed by atoms with Crippen LogP contribution in [0.15, 0.2) is 12.1 Å². The Morgan fingerprint density at radius 1 is 1.40 bits per heavy atom. The normalized spacial score (nSPS) is 13.1. The van der Waals surface area contributed by atoms with Crippen LogP contribution in [-0.2, 0) is 21.9 Å². The van der Waals surface area contributed by atoms with Gasteiger partial charge in [-0.2, -0.15) is 0 Å². The van der Waals surface area contributed by atoms with Crippen molar-refractivity contribution in [1.29, 1.82) is 0 Å². The van der Waals surface area contributed by atoms with Gasteiger partial charge in [0.25, 0.3) is 0 Å². The van der Waals surface area contributed by atoms with Gasteiger partial charge in [0, 0.05) is 20.3 Å². The van der Waals surface area contributed by atoms with Crippen LogP contribution in [0.1, 0.15) is 5.82 Å². The Hall–Kier alpha value is -0.880. The number of fused-ring (bicyclic) bond motifs is 1. The lowest BCUT2D eigenvalue weighted by atomic mass is 10.3. The van der Waals surface area contributed by atoms with Crippen LogP contribution in [0, 0.1) is 5.82 Å². The van der Waals surface area contributed by atoms with Gasteiger partial charge in [0.2, 0.25) is 0 Å². The zero-order chi connectivity index (χ0) is 14.7. The summed E-state index contributed by atoms with van der Waals surface area (Å²) >= 11 is 11.7. The summed E-state index contributed by atoms with van der Waals surface area (Å²) in [6, 6.07) is 2.86. The fourth-order valence-electron chi connectivity index (χ4n) is 2.06. The first-order valence-electron chi connectivity index (χ1n) is 6.02. The average Bonchev–Trinajstić information content (AvgIpc) is 2.76. The first kappa shape index (κ1) is 15.5. The maximum absolute atomic E-state index is 13.5. The highest BCUT2D eigenvalue weighted by atomic mass is 35.5. The molecule has 0 aliphatic carbocycles. The molecule has 0 radical (unpaired) electrons. The van der Waals surface area contributed by atoms with Gasteiger partial charge in [0.15, 0.2) is 0 Å². The Labute approximate surface area is 126 Å². The summed E-state index contributed by atoms with van der Waals surface area (Å²) in [4.78, 5) is 4.32. The molecular weight excluding hydrogens is 306 g/mol. The third-order valence-electron chi connectivity index (χ3n) is 3.06. The number of methoxy groups -OCH3 is 2. The first-order chi connectivity index (χ1) is 9.60. The molecule has 2 rings (SSSR count). The molecule has 0 fully saturated rings. The van der Waals surface area contributed by atoms with E-state index in [1.807, 2.05) is 4.57 Å². The lowest BCUT2D eigenvalue weighted by Gasteiger charge is -2.17. The van der Waals surface area contributed by atoms with E-state index in [4.69, 9.17) is 32.7 Å². The van der Waals surface area contributed by atoms with Crippen LogP contribution >= 0.6 is 23.2 Å². The van der Waals surface area contributed by atoms with Gasteiger partial charge in [-0.05, 0) is 6.07 Å². The number of alkyl halides is 1. The van der Waals surface area contributed by atoms with Gasteiger partial charge in [0.1, 0.15) is 11.6 Å². The van der Waals surface area contributed by atoms with Crippen molar-refractivity contribution in [3.05, 3.63) is 28.8 Å². The molecule has 1 atom stereocenters. The quantitative estimate of drug-likeness (QED) is 0.767. The molecule has 0 saturated heterocycles. The summed E-state index contributed by atoms with van der Waals surface area (Å²) in [6.45, 7) is 0.942. The van der Waals surface area contributed by atoms with Crippen molar-refractivity contribution in [3.8, 4) is 0 Å². The first-order valence-corrected chi connectivity index (χ1v) is 6.93. The fraction of sp³-hybridized carbons (Fsp3) is 0.462. The average molecular weight is 321 g/mol. The summed E-state index contributed by atoms with van der Waals surface area (Å²) in [5.74, 6) is 0.365. The number of benzene rings is 1. The summed E-state index contributed by atoms with van der Waals surface area (Å²) in [5, 5.41) is 0.0560. The molecule has 2 aromatic rings. The van der Waals surface area contributed by atoms with E-state index in [1.54, 1.807) is 20.3 Å². The van der Waals surface area contributed by atoms with Gasteiger partial charge in [-0.15, -0.1) is 11.6 Å². The van der Waals surface area contributed by atoms with E-state index in [2.05, 4.69) is 4.98 Å². The number of halogens is 3. The minimum absolute atomic E-state index is 0.0560. The van der Waals surface area contributed by atoms with E-state index in [9.17, 15) is 4.39 Å². The SMILES string of the molecule is COCC(Cn1c(CCl)nc2cc(F)c(Cl)cc21)OC. The summed E-state index contributed by atoms with van der Waals surface area (Å²) < 4.78 is 25.8. The summed E-state index contributed by atoms with van der Waals surface area (Å²) in [5.41, 5.74) is 1.25. The summed E-state index contributed by atoms with van der Waals surface area (Å²) in [7, 11) is 3.21. The number of rotatable bonds is 6. The van der Waals surface area contributed by atoms with Crippen molar-refractivity contribution < 1.29 is 13.9 Å². The predicted octanol–water partition coefficient (Wildman–Crippen LogP) is 3.23. The number of nitrogens with zero attached hydrogens (tertiary/aromatic N) is 2. The number of imidazole rings is 1. The van der Waals surface area contributed by atoms with Gasteiger partial charge >= 0.3 is 0 Å². The van der Waals surface area contributed by atoms with Crippen molar-refractivity contribution in [2.24, 2.45) is 0 Å². The van der Waals surface area contributed by atoms with E-state index in [0.717, 1.165) is 5.52 Å². The number of hydrogen-bond acceptors (Lipinski definition) is 3. The van der Waals surface area contributed by atoms with Crippen LogP contribution < -0.4 is 0 Å². The Morgan fingerprint density at radius 3 is 2.75 bits per heavy atom. The molecule has 1 unspecified atom stereocenters. The highest BCUT2D eigenvalue weighted by Crippen LogP contribution is 2.25. The highest BCUT2D eigenvalue weighted by molar-refractivity contribution is 6.31. The lowest BCUT2D eigenvalue weighted by molar-refractivity contribution is 0.0186. The van der Waals surface area contributed by atoms with Crippen LogP contribution in [-0.4, -0.2) is 36.5 Å². The van der Waals surface area contributed by atoms with Crippen molar-refractivity contribution in [1.82, 2.24) is 9.55 Å². The van der Waals surface area contributed by atoms with Gasteiger partial charge in [-0.25, -0.2) is 9.37 Å². The van der Waals surface area contributed by atoms with E-state index in [0.29, 0.717) is 24.5 Å². The standard InChI is InChI=1S/C13H15Cl2FN2O2/c1-19-7-8(20-2)6-18-12-3-9(15)10(16)4-11(12)17-13(18)5-14/h3-4,8H,5-7H2,1-2H3. The van der Waals surface area contributed by atoms with Crippen LogP contribution in [0.2, 0.25) is 5.02 Å². The molecule has 0 amide bonds. The van der Waals surface area contributed by atoms with Crippen molar-refractivity contribution in [3.63, 3.8) is 0 Å². The van der Waals surface area contributed by atoms with Crippen molar-refractivity contribution >= 4 is 34.2 Å². The molecule has 1 aromatic heterocycles. The maximum Gasteiger partial charge on any atom is 0.144 e. The van der Waals surface area contributed by atoms with Crippen LogP contribution in [0.25, 0.3) is 11.0 Å². The molecule has 20 heavy (non-hydrogen) atoms. The Kier molecular flexibility index (Phi) is 5.21. The zero-order valence-corrected chi connectivity index (χ0v) is 12.7. The second-order valence-electron chi connectivity index (χ2n) is 4.34. The van der Waals surface area contributed by atoms with E-state index >= 15 is 0 Å². The molecule has 0 bridgehead atoms. The maximum atomic E-state index is 13.5. The minimum atomic E-state index is -0.495. The van der Waals surface area contributed by atoms with Crippen LogP contribution in [0.5, 0.6) is 0 Å². The molecule has 0 saturated carbocycles. The predicted molar refractivity (Wildman–Crippen MR) is 76.9 cm³/mol. The molecule has 0 aliphatic heterocycles. The second-order valence-corrected chi connectivity index (χ2v) is 5.01. The highest BCUT2D eigenvalue weighted by Gasteiger charge is 2.16. The van der Waals surface area contributed by atoms with Crippen molar-refractivity contribution in [2.45, 2.75) is 18.5 Å². The second kappa shape index (κ2) is 6.72. The molecule has 1 heterocycles. The van der Waals surface area contributed by atoms with E-state index < -0.39 is 5.82 Å². The summed E-state index contributed by atoms with van der Waals surface area (Å²) in [6.07, 6.45) is -0.150.